The van der Waals surface area contributed by atoms with Crippen LogP contribution in [0.5, 0.6) is 0 Å². The van der Waals surface area contributed by atoms with E-state index in [4.69, 9.17) is 0 Å². The molecule has 0 heteroatoms. The zero-order valence-electron chi connectivity index (χ0n) is 10.8. The van der Waals surface area contributed by atoms with Gasteiger partial charge in [0.15, 0.2) is 0 Å². The second-order valence-electron chi connectivity index (χ2n) is 4.62. The Morgan fingerprint density at radius 1 is 0.579 bits per heavy atom. The van der Waals surface area contributed by atoms with Gasteiger partial charge in [-0.1, -0.05) is 85.0 Å². The Bertz CT molecular complexity index is 647. The minimum atomic E-state index is 1.04. The van der Waals surface area contributed by atoms with E-state index in [-0.39, 0.29) is 0 Å². The van der Waals surface area contributed by atoms with Crippen molar-refractivity contribution in [2.75, 3.05) is 0 Å². The first-order valence-corrected chi connectivity index (χ1v) is 6.62. The first-order chi connectivity index (χ1) is 9.45. The Morgan fingerprint density at radius 2 is 1.21 bits per heavy atom. The summed E-state index contributed by atoms with van der Waals surface area (Å²) >= 11 is 0. The third-order valence-corrected chi connectivity index (χ3v) is 3.36. The largest absolute Gasteiger partial charge is 0.0795 e. The maximum absolute atomic E-state index is 2.23. The quantitative estimate of drug-likeness (QED) is 0.604. The van der Waals surface area contributed by atoms with Gasteiger partial charge in [0.25, 0.3) is 0 Å². The molecule has 0 fully saturated rings. The summed E-state index contributed by atoms with van der Waals surface area (Å²) in [5, 5.41) is 0. The predicted molar refractivity (Wildman–Crippen MR) is 84.7 cm³/mol. The predicted octanol–water partition coefficient (Wildman–Crippen LogP) is 4.96. The molecule has 0 unspecified atom stereocenters. The lowest BCUT2D eigenvalue weighted by Crippen LogP contribution is -1.91. The van der Waals surface area contributed by atoms with E-state index in [0.29, 0.717) is 0 Å². The van der Waals surface area contributed by atoms with Gasteiger partial charge in [-0.05, 0) is 28.7 Å². The van der Waals surface area contributed by atoms with Crippen LogP contribution in [-0.2, 0) is 6.42 Å². The molecule has 0 atom stereocenters. The molecule has 0 N–H and O–H groups in total. The maximum atomic E-state index is 2.23. The molecule has 0 nitrogen and oxygen atoms in total. The summed E-state index contributed by atoms with van der Waals surface area (Å²) < 4.78 is 0. The van der Waals surface area contributed by atoms with Crippen LogP contribution < -0.4 is 0 Å². The molecule has 0 aromatic heterocycles. The Balaban J connectivity index is 2.11. The Kier molecular flexibility index (Phi) is 3.42. The normalized spacial score (nSPS) is 16.0. The molecule has 2 aliphatic carbocycles. The van der Waals surface area contributed by atoms with Crippen molar-refractivity contribution in [3.63, 3.8) is 0 Å². The zero-order valence-corrected chi connectivity index (χ0v) is 10.8. The van der Waals surface area contributed by atoms with Gasteiger partial charge in [-0.15, -0.1) is 0 Å². The van der Waals surface area contributed by atoms with Gasteiger partial charge in [0.1, 0.15) is 0 Å². The zero-order chi connectivity index (χ0) is 12.9. The molecule has 0 amide bonds. The fourth-order valence-electron chi connectivity index (χ4n) is 2.43. The highest BCUT2D eigenvalue weighted by atomic mass is 14.1. The number of hydrogen-bond donors (Lipinski definition) is 0. The summed E-state index contributed by atoms with van der Waals surface area (Å²) in [6.45, 7) is 0. The second kappa shape index (κ2) is 5.53. The molecule has 0 spiro atoms. The van der Waals surface area contributed by atoms with Crippen LogP contribution in [0, 0.1) is 0 Å². The van der Waals surface area contributed by atoms with E-state index >= 15 is 0 Å². The molecule has 1 aromatic carbocycles. The van der Waals surface area contributed by atoms with Gasteiger partial charge in [0.2, 0.25) is 0 Å². The highest BCUT2D eigenvalue weighted by Gasteiger charge is 2.10. The molecule has 0 radical (unpaired) electrons. The van der Waals surface area contributed by atoms with Crippen molar-refractivity contribution in [1.82, 2.24) is 0 Å². The van der Waals surface area contributed by atoms with Crippen LogP contribution in [0.4, 0.5) is 0 Å². The van der Waals surface area contributed by atoms with Crippen molar-refractivity contribution in [3.8, 4) is 0 Å². The minimum Gasteiger partial charge on any atom is -0.0795 e. The number of benzene rings is 1. The van der Waals surface area contributed by atoms with Crippen LogP contribution >= 0.6 is 0 Å². The molecule has 92 valence electrons. The lowest BCUT2D eigenvalue weighted by atomic mass is 9.96. The SMILES string of the molecule is C1=CC=CC=Cc2c(ccc3c2CC=C3)C=CC=C1. The molecule has 0 aliphatic heterocycles. The van der Waals surface area contributed by atoms with Crippen molar-refractivity contribution in [3.05, 3.63) is 89.1 Å². The van der Waals surface area contributed by atoms with Gasteiger partial charge in [0, 0.05) is 0 Å². The van der Waals surface area contributed by atoms with Crippen molar-refractivity contribution in [2.45, 2.75) is 6.42 Å². The molecular weight excluding hydrogens is 228 g/mol. The summed E-state index contributed by atoms with van der Waals surface area (Å²) in [4.78, 5) is 0. The Hall–Kier alpha value is -2.34. The number of allylic oxidation sites excluding steroid dienone is 9. The number of rotatable bonds is 0. The van der Waals surface area contributed by atoms with Crippen LogP contribution in [0.2, 0.25) is 0 Å². The maximum Gasteiger partial charge on any atom is -0.00820 e. The van der Waals surface area contributed by atoms with Gasteiger partial charge in [-0.2, -0.15) is 0 Å². The van der Waals surface area contributed by atoms with Crippen LogP contribution in [0.25, 0.3) is 18.2 Å². The lowest BCUT2D eigenvalue weighted by molar-refractivity contribution is 1.29. The second-order valence-corrected chi connectivity index (χ2v) is 4.62. The van der Waals surface area contributed by atoms with E-state index in [0.717, 1.165) is 6.42 Å². The van der Waals surface area contributed by atoms with E-state index in [2.05, 4.69) is 60.7 Å². The summed E-state index contributed by atoms with van der Waals surface area (Å²) in [5.41, 5.74) is 5.40. The number of fused-ring (bicyclic) bond motifs is 3. The fraction of sp³-hybridized carbons (Fsp3) is 0.0526. The molecule has 19 heavy (non-hydrogen) atoms. The summed E-state index contributed by atoms with van der Waals surface area (Å²) in [7, 11) is 0. The monoisotopic (exact) mass is 244 g/mol. The van der Waals surface area contributed by atoms with Gasteiger partial charge in [-0.25, -0.2) is 0 Å². The van der Waals surface area contributed by atoms with E-state index in [1.807, 2.05) is 24.3 Å². The summed E-state index contributed by atoms with van der Waals surface area (Å²) in [6, 6.07) is 4.41. The first-order valence-electron chi connectivity index (χ1n) is 6.62. The average molecular weight is 244 g/mol. The fourth-order valence-corrected chi connectivity index (χ4v) is 2.43. The smallest absolute Gasteiger partial charge is 0.00820 e. The van der Waals surface area contributed by atoms with Crippen LogP contribution in [0.1, 0.15) is 22.3 Å². The minimum absolute atomic E-state index is 1.04. The third kappa shape index (κ3) is 2.58. The van der Waals surface area contributed by atoms with Gasteiger partial charge < -0.3 is 0 Å². The van der Waals surface area contributed by atoms with Crippen LogP contribution in [0.3, 0.4) is 0 Å². The summed E-state index contributed by atoms with van der Waals surface area (Å²) in [6.07, 6.45) is 26.4. The highest BCUT2D eigenvalue weighted by molar-refractivity contribution is 5.76. The topological polar surface area (TPSA) is 0 Å². The van der Waals surface area contributed by atoms with E-state index in [9.17, 15) is 0 Å². The Morgan fingerprint density at radius 3 is 2.00 bits per heavy atom. The summed E-state index contributed by atoms with van der Waals surface area (Å²) in [5.74, 6) is 0. The van der Waals surface area contributed by atoms with Gasteiger partial charge >= 0.3 is 0 Å². The highest BCUT2D eigenvalue weighted by Crippen LogP contribution is 2.28. The van der Waals surface area contributed by atoms with E-state index in [1.54, 1.807) is 0 Å². The third-order valence-electron chi connectivity index (χ3n) is 3.36. The van der Waals surface area contributed by atoms with E-state index < -0.39 is 0 Å². The molecule has 0 bridgehead atoms. The standard InChI is InChI=1S/C19H16/c1-2-4-6-8-12-18-16(10-7-5-3-1)14-15-17-11-9-13-19(17)18/h1-12,14-15H,13H2. The van der Waals surface area contributed by atoms with Crippen molar-refractivity contribution < 1.29 is 0 Å². The Labute approximate surface area is 114 Å². The first kappa shape index (κ1) is 11.7. The van der Waals surface area contributed by atoms with Crippen molar-refractivity contribution >= 4 is 18.2 Å². The molecule has 0 heterocycles. The molecule has 1 aromatic rings. The molecule has 2 aliphatic rings. The van der Waals surface area contributed by atoms with Crippen LogP contribution in [0.15, 0.2) is 66.8 Å². The molecule has 0 saturated carbocycles. The lowest BCUT2D eigenvalue weighted by Gasteiger charge is -2.08. The molecule has 0 saturated heterocycles. The van der Waals surface area contributed by atoms with Gasteiger partial charge in [-0.3, -0.25) is 0 Å². The number of hydrogen-bond acceptors (Lipinski definition) is 0. The van der Waals surface area contributed by atoms with E-state index in [1.165, 1.54) is 22.3 Å². The van der Waals surface area contributed by atoms with Gasteiger partial charge in [0.05, 0.1) is 0 Å². The van der Waals surface area contributed by atoms with Crippen LogP contribution in [-0.4, -0.2) is 0 Å². The average Bonchev–Trinajstić information content (AvgIpc) is 2.88. The molecule has 3 rings (SSSR count). The van der Waals surface area contributed by atoms with Crippen molar-refractivity contribution in [2.24, 2.45) is 0 Å². The van der Waals surface area contributed by atoms with Crippen molar-refractivity contribution in [1.29, 1.82) is 0 Å². The molecular formula is C19H16.